The summed E-state index contributed by atoms with van der Waals surface area (Å²) in [6.07, 6.45) is 0. The third kappa shape index (κ3) is 2.55. The second-order valence-corrected chi connectivity index (χ2v) is 5.58. The van der Waals surface area contributed by atoms with Crippen molar-refractivity contribution in [2.75, 3.05) is 11.1 Å². The highest BCUT2D eigenvalue weighted by Crippen LogP contribution is 2.25. The standard InChI is InChI=1S/C15H13BrN2O2/c16-12-3-4-14(13(17)6-12)18-15(19)9-1-2-10-7-20-8-11(10)5-9/h1-6H,7-8,17H2,(H,18,19). The lowest BCUT2D eigenvalue weighted by molar-refractivity contribution is 0.102. The molecule has 0 spiro atoms. The predicted octanol–water partition coefficient (Wildman–Crippen LogP) is 3.31. The van der Waals surface area contributed by atoms with E-state index in [1.807, 2.05) is 18.2 Å². The van der Waals surface area contributed by atoms with Crippen molar-refractivity contribution < 1.29 is 9.53 Å². The van der Waals surface area contributed by atoms with Gasteiger partial charge in [-0.1, -0.05) is 22.0 Å². The molecule has 0 unspecified atom stereocenters. The quantitative estimate of drug-likeness (QED) is 0.829. The van der Waals surface area contributed by atoms with Gasteiger partial charge in [-0.05, 0) is 41.5 Å². The second-order valence-electron chi connectivity index (χ2n) is 4.66. The summed E-state index contributed by atoms with van der Waals surface area (Å²) in [7, 11) is 0. The Hall–Kier alpha value is -1.85. The van der Waals surface area contributed by atoms with Crippen LogP contribution in [0.4, 0.5) is 11.4 Å². The summed E-state index contributed by atoms with van der Waals surface area (Å²) in [5.41, 5.74) is 9.83. The van der Waals surface area contributed by atoms with E-state index in [-0.39, 0.29) is 5.91 Å². The molecule has 0 bridgehead atoms. The third-order valence-corrected chi connectivity index (χ3v) is 3.74. The van der Waals surface area contributed by atoms with Crippen LogP contribution in [0, 0.1) is 0 Å². The van der Waals surface area contributed by atoms with E-state index in [9.17, 15) is 4.79 Å². The number of nitrogens with two attached hydrogens (primary N) is 1. The Kier molecular flexibility index (Phi) is 3.46. The predicted molar refractivity (Wildman–Crippen MR) is 81.4 cm³/mol. The van der Waals surface area contributed by atoms with Gasteiger partial charge in [0, 0.05) is 10.0 Å². The molecule has 0 aliphatic carbocycles. The van der Waals surface area contributed by atoms with Gasteiger partial charge in [-0.3, -0.25) is 4.79 Å². The number of nitrogens with one attached hydrogen (secondary N) is 1. The monoisotopic (exact) mass is 332 g/mol. The Bertz CT molecular complexity index is 686. The summed E-state index contributed by atoms with van der Waals surface area (Å²) >= 11 is 3.33. The van der Waals surface area contributed by atoms with Gasteiger partial charge in [-0.25, -0.2) is 0 Å². The maximum absolute atomic E-state index is 12.2. The van der Waals surface area contributed by atoms with Gasteiger partial charge in [0.25, 0.3) is 5.91 Å². The van der Waals surface area contributed by atoms with Crippen molar-refractivity contribution in [3.8, 4) is 0 Å². The van der Waals surface area contributed by atoms with Gasteiger partial charge in [-0.2, -0.15) is 0 Å². The van der Waals surface area contributed by atoms with E-state index in [0.29, 0.717) is 30.2 Å². The molecule has 1 heterocycles. The molecule has 3 rings (SSSR count). The van der Waals surface area contributed by atoms with Crippen molar-refractivity contribution in [1.82, 2.24) is 0 Å². The Morgan fingerprint density at radius 3 is 2.75 bits per heavy atom. The number of hydrogen-bond acceptors (Lipinski definition) is 3. The first-order valence-corrected chi connectivity index (χ1v) is 6.99. The van der Waals surface area contributed by atoms with Crippen LogP contribution in [0.5, 0.6) is 0 Å². The molecule has 0 atom stereocenters. The highest BCUT2D eigenvalue weighted by Gasteiger charge is 2.15. The Labute approximate surface area is 125 Å². The largest absolute Gasteiger partial charge is 0.397 e. The number of ether oxygens (including phenoxy) is 1. The van der Waals surface area contributed by atoms with Crippen LogP contribution in [-0.2, 0) is 18.0 Å². The molecule has 20 heavy (non-hydrogen) atoms. The number of halogens is 1. The van der Waals surface area contributed by atoms with Crippen LogP contribution < -0.4 is 11.1 Å². The molecule has 1 aliphatic rings. The number of nitrogen functional groups attached to an aromatic ring is 1. The van der Waals surface area contributed by atoms with E-state index in [1.165, 1.54) is 0 Å². The normalized spacial score (nSPS) is 13.1. The average Bonchev–Trinajstić information content (AvgIpc) is 2.89. The molecule has 2 aromatic carbocycles. The first-order chi connectivity index (χ1) is 9.63. The molecule has 3 N–H and O–H groups in total. The minimum absolute atomic E-state index is 0.172. The maximum atomic E-state index is 12.2. The van der Waals surface area contributed by atoms with E-state index in [0.717, 1.165) is 15.6 Å². The van der Waals surface area contributed by atoms with Crippen LogP contribution in [0.1, 0.15) is 21.5 Å². The smallest absolute Gasteiger partial charge is 0.255 e. The van der Waals surface area contributed by atoms with Crippen molar-refractivity contribution in [3.05, 3.63) is 57.6 Å². The van der Waals surface area contributed by atoms with Gasteiger partial charge >= 0.3 is 0 Å². The minimum Gasteiger partial charge on any atom is -0.397 e. The molecule has 0 fully saturated rings. The van der Waals surface area contributed by atoms with E-state index >= 15 is 0 Å². The van der Waals surface area contributed by atoms with E-state index in [2.05, 4.69) is 21.2 Å². The second kappa shape index (κ2) is 5.26. The molecular formula is C15H13BrN2O2. The molecule has 2 aromatic rings. The lowest BCUT2D eigenvalue weighted by Gasteiger charge is -2.09. The Morgan fingerprint density at radius 2 is 1.95 bits per heavy atom. The van der Waals surface area contributed by atoms with Crippen LogP contribution in [0.3, 0.4) is 0 Å². The van der Waals surface area contributed by atoms with Crippen LogP contribution in [0.25, 0.3) is 0 Å². The zero-order chi connectivity index (χ0) is 14.1. The van der Waals surface area contributed by atoms with E-state index in [4.69, 9.17) is 10.5 Å². The van der Waals surface area contributed by atoms with Crippen molar-refractivity contribution in [2.45, 2.75) is 13.2 Å². The van der Waals surface area contributed by atoms with Crippen LogP contribution in [-0.4, -0.2) is 5.91 Å². The average molecular weight is 333 g/mol. The summed E-state index contributed by atoms with van der Waals surface area (Å²) < 4.78 is 6.22. The van der Waals surface area contributed by atoms with Gasteiger partial charge in [0.2, 0.25) is 0 Å². The first-order valence-electron chi connectivity index (χ1n) is 6.19. The van der Waals surface area contributed by atoms with Crippen molar-refractivity contribution in [1.29, 1.82) is 0 Å². The number of carbonyl (C=O) groups excluding carboxylic acids is 1. The maximum Gasteiger partial charge on any atom is 0.255 e. The van der Waals surface area contributed by atoms with Crippen molar-refractivity contribution in [2.24, 2.45) is 0 Å². The molecule has 0 saturated carbocycles. The fourth-order valence-electron chi connectivity index (χ4n) is 2.16. The first kappa shape index (κ1) is 13.1. The fraction of sp³-hybridized carbons (Fsp3) is 0.133. The highest BCUT2D eigenvalue weighted by molar-refractivity contribution is 9.10. The Balaban J connectivity index is 1.82. The molecule has 1 aliphatic heterocycles. The SMILES string of the molecule is Nc1cc(Br)ccc1NC(=O)c1ccc2c(c1)COC2. The molecule has 5 heteroatoms. The number of hydrogen-bond donors (Lipinski definition) is 2. The number of fused-ring (bicyclic) bond motifs is 1. The summed E-state index contributed by atoms with van der Waals surface area (Å²) in [5, 5.41) is 2.82. The fourth-order valence-corrected chi connectivity index (χ4v) is 2.53. The van der Waals surface area contributed by atoms with Gasteiger partial charge in [0.05, 0.1) is 24.6 Å². The van der Waals surface area contributed by atoms with Crippen molar-refractivity contribution >= 4 is 33.2 Å². The van der Waals surface area contributed by atoms with E-state index in [1.54, 1.807) is 18.2 Å². The van der Waals surface area contributed by atoms with Crippen LogP contribution in [0.15, 0.2) is 40.9 Å². The number of benzene rings is 2. The van der Waals surface area contributed by atoms with Gasteiger partial charge < -0.3 is 15.8 Å². The summed E-state index contributed by atoms with van der Waals surface area (Å²) in [4.78, 5) is 12.2. The third-order valence-electron chi connectivity index (χ3n) is 3.25. The zero-order valence-corrected chi connectivity index (χ0v) is 12.2. The van der Waals surface area contributed by atoms with Crippen molar-refractivity contribution in [3.63, 3.8) is 0 Å². The molecule has 0 aromatic heterocycles. The topological polar surface area (TPSA) is 64.3 Å². The minimum atomic E-state index is -0.172. The molecule has 0 radical (unpaired) electrons. The molecular weight excluding hydrogens is 320 g/mol. The number of rotatable bonds is 2. The molecule has 0 saturated heterocycles. The molecule has 102 valence electrons. The van der Waals surface area contributed by atoms with Gasteiger partial charge in [0.15, 0.2) is 0 Å². The van der Waals surface area contributed by atoms with E-state index < -0.39 is 0 Å². The van der Waals surface area contributed by atoms with Crippen LogP contribution >= 0.6 is 15.9 Å². The number of carbonyl (C=O) groups is 1. The van der Waals surface area contributed by atoms with Gasteiger partial charge in [-0.15, -0.1) is 0 Å². The Morgan fingerprint density at radius 1 is 1.15 bits per heavy atom. The lowest BCUT2D eigenvalue weighted by atomic mass is 10.1. The highest BCUT2D eigenvalue weighted by atomic mass is 79.9. The zero-order valence-electron chi connectivity index (χ0n) is 10.7. The number of amides is 1. The van der Waals surface area contributed by atoms with Gasteiger partial charge in [0.1, 0.15) is 0 Å². The number of anilines is 2. The van der Waals surface area contributed by atoms with Crippen LogP contribution in [0.2, 0.25) is 0 Å². The lowest BCUT2D eigenvalue weighted by Crippen LogP contribution is -2.13. The summed E-state index contributed by atoms with van der Waals surface area (Å²) in [6.45, 7) is 1.19. The molecule has 1 amide bonds. The summed E-state index contributed by atoms with van der Waals surface area (Å²) in [6, 6.07) is 11.0. The summed E-state index contributed by atoms with van der Waals surface area (Å²) in [5.74, 6) is -0.172. The molecule has 4 nitrogen and oxygen atoms in total.